The lowest BCUT2D eigenvalue weighted by molar-refractivity contribution is 0.524. The highest BCUT2D eigenvalue weighted by molar-refractivity contribution is 5.61. The zero-order valence-corrected chi connectivity index (χ0v) is 13.8. The number of hydrogen-bond acceptors (Lipinski definition) is 3. The Bertz CT molecular complexity index is 642. The minimum atomic E-state index is 0.340. The highest BCUT2D eigenvalue weighted by Gasteiger charge is 2.08. The van der Waals surface area contributed by atoms with Crippen molar-refractivity contribution in [2.75, 3.05) is 0 Å². The van der Waals surface area contributed by atoms with Crippen LogP contribution >= 0.6 is 0 Å². The summed E-state index contributed by atoms with van der Waals surface area (Å²) in [5.74, 6) is 1.40. The Kier molecular flexibility index (Phi) is 7.03. The van der Waals surface area contributed by atoms with Gasteiger partial charge in [0.1, 0.15) is 0 Å². The second kappa shape index (κ2) is 8.78. The molecule has 116 valence electrons. The van der Waals surface area contributed by atoms with Crippen molar-refractivity contribution in [3.8, 4) is 0 Å². The topological polar surface area (TPSA) is 38.9 Å². The molecule has 1 atom stereocenters. The first-order chi connectivity index (χ1) is 10.5. The van der Waals surface area contributed by atoms with Crippen LogP contribution in [0.5, 0.6) is 0 Å². The maximum absolute atomic E-state index is 5.69. The molecule has 0 radical (unpaired) electrons. The lowest BCUT2D eigenvalue weighted by Gasteiger charge is -1.95. The maximum Gasteiger partial charge on any atom is 0.243 e. The molecular formula is C19H24N2O. The number of nitrogens with zero attached hydrogens (tertiary/aromatic N) is 2. The van der Waals surface area contributed by atoms with Gasteiger partial charge in [-0.1, -0.05) is 61.6 Å². The molecule has 0 saturated carbocycles. The quantitative estimate of drug-likeness (QED) is 0.500. The fraction of sp³-hybridized carbons (Fsp3) is 0.263. The summed E-state index contributed by atoms with van der Waals surface area (Å²) in [6.07, 6.45) is 13.6. The highest BCUT2D eigenvalue weighted by atomic mass is 16.4. The zero-order chi connectivity index (χ0) is 16.5. The van der Waals surface area contributed by atoms with E-state index in [0.717, 1.165) is 16.7 Å². The van der Waals surface area contributed by atoms with Gasteiger partial charge in [-0.25, -0.2) is 0 Å². The third-order valence-corrected chi connectivity index (χ3v) is 3.15. The summed E-state index contributed by atoms with van der Waals surface area (Å²) < 4.78 is 5.69. The Morgan fingerprint density at radius 3 is 2.14 bits per heavy atom. The van der Waals surface area contributed by atoms with E-state index >= 15 is 0 Å². The summed E-state index contributed by atoms with van der Waals surface area (Å²) in [4.78, 5) is 0. The highest BCUT2D eigenvalue weighted by Crippen LogP contribution is 2.18. The van der Waals surface area contributed by atoms with E-state index in [1.807, 2.05) is 51.2 Å². The van der Waals surface area contributed by atoms with Gasteiger partial charge in [0.15, 0.2) is 0 Å². The minimum Gasteiger partial charge on any atom is -0.417 e. The average Bonchev–Trinajstić information content (AvgIpc) is 3.01. The lowest BCUT2D eigenvalue weighted by atomic mass is 10.1. The number of hydrogen-bond donors (Lipinski definition) is 0. The van der Waals surface area contributed by atoms with E-state index in [2.05, 4.69) is 36.4 Å². The van der Waals surface area contributed by atoms with Crippen LogP contribution in [0.2, 0.25) is 0 Å². The van der Waals surface area contributed by atoms with Crippen molar-refractivity contribution >= 4 is 11.1 Å². The van der Waals surface area contributed by atoms with Gasteiger partial charge in [0.05, 0.1) is 0 Å². The maximum atomic E-state index is 5.69. The third-order valence-electron chi connectivity index (χ3n) is 3.15. The molecule has 0 aromatic carbocycles. The summed E-state index contributed by atoms with van der Waals surface area (Å²) in [5.41, 5.74) is 2.93. The smallest absolute Gasteiger partial charge is 0.243 e. The summed E-state index contributed by atoms with van der Waals surface area (Å²) >= 11 is 0. The Morgan fingerprint density at radius 1 is 1.00 bits per heavy atom. The molecule has 3 heteroatoms. The van der Waals surface area contributed by atoms with E-state index in [4.69, 9.17) is 4.42 Å². The van der Waals surface area contributed by atoms with Crippen molar-refractivity contribution in [2.24, 2.45) is 5.92 Å². The molecule has 3 nitrogen and oxygen atoms in total. The molecule has 0 aliphatic heterocycles. The van der Waals surface area contributed by atoms with Crippen LogP contribution in [-0.2, 0) is 0 Å². The van der Waals surface area contributed by atoms with Gasteiger partial charge in [0.25, 0.3) is 0 Å². The lowest BCUT2D eigenvalue weighted by Crippen LogP contribution is -1.80. The van der Waals surface area contributed by atoms with Crippen LogP contribution in [0, 0.1) is 5.92 Å². The third kappa shape index (κ3) is 5.52. The molecule has 0 bridgehead atoms. The van der Waals surface area contributed by atoms with E-state index in [1.54, 1.807) is 6.08 Å². The van der Waals surface area contributed by atoms with Gasteiger partial charge in [0.2, 0.25) is 11.8 Å². The number of aromatic nitrogens is 2. The molecule has 1 unspecified atom stereocenters. The van der Waals surface area contributed by atoms with Crippen molar-refractivity contribution in [1.29, 1.82) is 0 Å². The fourth-order valence-electron chi connectivity index (χ4n) is 1.46. The van der Waals surface area contributed by atoms with E-state index in [0.29, 0.717) is 17.7 Å². The monoisotopic (exact) mass is 296 g/mol. The van der Waals surface area contributed by atoms with Crippen molar-refractivity contribution in [3.05, 3.63) is 73.0 Å². The van der Waals surface area contributed by atoms with E-state index < -0.39 is 0 Å². The molecule has 0 fully saturated rings. The molecule has 0 saturated heterocycles. The van der Waals surface area contributed by atoms with Crippen molar-refractivity contribution in [2.45, 2.75) is 27.7 Å². The Morgan fingerprint density at radius 2 is 1.59 bits per heavy atom. The molecular weight excluding hydrogens is 272 g/mol. The number of allylic oxidation sites excluding steroid dienone is 10. The van der Waals surface area contributed by atoms with Crippen molar-refractivity contribution < 1.29 is 4.42 Å². The van der Waals surface area contributed by atoms with E-state index in [9.17, 15) is 0 Å². The van der Waals surface area contributed by atoms with E-state index in [1.165, 1.54) is 0 Å². The molecule has 1 aromatic heterocycles. The first-order valence-electron chi connectivity index (χ1n) is 7.27. The second-order valence-corrected chi connectivity index (χ2v) is 5.21. The van der Waals surface area contributed by atoms with Gasteiger partial charge in [-0.05, 0) is 26.7 Å². The Balaban J connectivity index is 2.87. The number of rotatable bonds is 7. The Hall–Kier alpha value is -2.42. The van der Waals surface area contributed by atoms with Crippen molar-refractivity contribution in [3.63, 3.8) is 0 Å². The van der Waals surface area contributed by atoms with E-state index in [-0.39, 0.29) is 0 Å². The van der Waals surface area contributed by atoms with Gasteiger partial charge < -0.3 is 4.42 Å². The van der Waals surface area contributed by atoms with Crippen LogP contribution in [0.1, 0.15) is 39.5 Å². The first kappa shape index (κ1) is 17.6. The standard InChI is InChI=1S/C19H24N2O/c1-7-14(3)10-9-11-16(5)18-20-21-19(22-18)17(6)13-12-15(4)8-2/h7-14H,1-2H2,3-6H3/b10-9?,15-12-,16-11+,17-13+. The molecule has 22 heavy (non-hydrogen) atoms. The summed E-state index contributed by atoms with van der Waals surface area (Å²) in [5, 5.41) is 8.16. The zero-order valence-electron chi connectivity index (χ0n) is 13.8. The fourth-order valence-corrected chi connectivity index (χ4v) is 1.46. The second-order valence-electron chi connectivity index (χ2n) is 5.21. The predicted octanol–water partition coefficient (Wildman–Crippen LogP) is 5.39. The van der Waals surface area contributed by atoms with Crippen LogP contribution in [0.15, 0.2) is 65.7 Å². The van der Waals surface area contributed by atoms with Crippen LogP contribution in [0.3, 0.4) is 0 Å². The van der Waals surface area contributed by atoms with Gasteiger partial charge in [-0.3, -0.25) is 0 Å². The summed E-state index contributed by atoms with van der Waals surface area (Å²) in [6, 6.07) is 0. The Labute approximate surface area is 133 Å². The summed E-state index contributed by atoms with van der Waals surface area (Å²) in [7, 11) is 0. The van der Waals surface area contributed by atoms with Crippen LogP contribution in [0.4, 0.5) is 0 Å². The molecule has 1 heterocycles. The average molecular weight is 296 g/mol. The van der Waals surface area contributed by atoms with Gasteiger partial charge >= 0.3 is 0 Å². The van der Waals surface area contributed by atoms with Crippen molar-refractivity contribution in [1.82, 2.24) is 10.2 Å². The van der Waals surface area contributed by atoms with Crippen LogP contribution in [0.25, 0.3) is 11.1 Å². The molecule has 0 aliphatic rings. The van der Waals surface area contributed by atoms with Crippen LogP contribution in [-0.4, -0.2) is 10.2 Å². The first-order valence-corrected chi connectivity index (χ1v) is 7.27. The molecule has 0 N–H and O–H groups in total. The van der Waals surface area contributed by atoms with Gasteiger partial charge in [-0.15, -0.1) is 16.8 Å². The van der Waals surface area contributed by atoms with Gasteiger partial charge in [-0.2, -0.15) is 0 Å². The normalized spacial score (nSPS) is 15.2. The minimum absolute atomic E-state index is 0.340. The van der Waals surface area contributed by atoms with Crippen LogP contribution < -0.4 is 0 Å². The van der Waals surface area contributed by atoms with Gasteiger partial charge in [0, 0.05) is 11.1 Å². The molecule has 0 spiro atoms. The molecule has 1 aromatic rings. The molecule has 0 amide bonds. The predicted molar refractivity (Wildman–Crippen MR) is 94.1 cm³/mol. The summed E-state index contributed by atoms with van der Waals surface area (Å²) in [6.45, 7) is 15.4. The SMILES string of the molecule is C=C/C(C)=C\C=C(/C)c1nnc(/C(C)=C/C=CC(C)C=C)o1. The molecule has 1 rings (SSSR count). The molecule has 0 aliphatic carbocycles. The largest absolute Gasteiger partial charge is 0.417 e.